The van der Waals surface area contributed by atoms with Gasteiger partial charge in [0, 0.05) is 25.2 Å². The van der Waals surface area contributed by atoms with Crippen LogP contribution in [0, 0.1) is 40.4 Å². The predicted octanol–water partition coefficient (Wildman–Crippen LogP) is 6.73. The van der Waals surface area contributed by atoms with Gasteiger partial charge >= 0.3 is 6.09 Å². The molecule has 0 aromatic heterocycles. The van der Waals surface area contributed by atoms with Gasteiger partial charge in [0.25, 0.3) is 0 Å². The number of ketones is 1. The van der Waals surface area contributed by atoms with E-state index in [2.05, 4.69) is 19.2 Å². The van der Waals surface area contributed by atoms with E-state index in [0.717, 1.165) is 44.9 Å². The van der Waals surface area contributed by atoms with E-state index in [1.54, 1.807) is 6.92 Å². The van der Waals surface area contributed by atoms with Crippen molar-refractivity contribution in [2.45, 2.75) is 102 Å². The van der Waals surface area contributed by atoms with Crippen molar-refractivity contribution in [3.8, 4) is 0 Å². The van der Waals surface area contributed by atoms with Crippen LogP contribution in [-0.2, 0) is 19.0 Å². The number of fused-ring (bicyclic) bond motifs is 5. The van der Waals surface area contributed by atoms with Crippen LogP contribution < -0.4 is 5.32 Å². The van der Waals surface area contributed by atoms with Gasteiger partial charge in [0.2, 0.25) is 3.79 Å². The van der Waals surface area contributed by atoms with Gasteiger partial charge in [-0.25, -0.2) is 4.79 Å². The fraction of sp³-hybridized carbons (Fsp3) is 0.929. The molecule has 4 fully saturated rings. The molecule has 1 amide bonds. The number of hydrogen-bond donors (Lipinski definition) is 1. The summed E-state index contributed by atoms with van der Waals surface area (Å²) in [5, 5.41) is 3.21. The van der Waals surface area contributed by atoms with Crippen molar-refractivity contribution < 1.29 is 23.8 Å². The lowest BCUT2D eigenvalue weighted by Gasteiger charge is -2.64. The molecule has 37 heavy (non-hydrogen) atoms. The van der Waals surface area contributed by atoms with Crippen LogP contribution in [-0.4, -0.2) is 53.7 Å². The van der Waals surface area contributed by atoms with E-state index in [4.69, 9.17) is 49.0 Å². The largest absolute Gasteiger partial charge is 0.445 e. The van der Waals surface area contributed by atoms with Gasteiger partial charge in [0.1, 0.15) is 12.4 Å². The van der Waals surface area contributed by atoms with Crippen molar-refractivity contribution >= 4 is 46.7 Å². The van der Waals surface area contributed by atoms with Crippen LogP contribution in [0.4, 0.5) is 4.79 Å². The summed E-state index contributed by atoms with van der Waals surface area (Å²) in [4.78, 5) is 25.7. The van der Waals surface area contributed by atoms with Gasteiger partial charge in [-0.2, -0.15) is 0 Å². The summed E-state index contributed by atoms with van der Waals surface area (Å²) < 4.78 is 16.1. The van der Waals surface area contributed by atoms with Crippen LogP contribution in [0.2, 0.25) is 0 Å². The lowest BCUT2D eigenvalue weighted by Crippen LogP contribution is -2.64. The lowest BCUT2D eigenvalue weighted by atomic mass is 9.43. The average molecular weight is 581 g/mol. The fourth-order valence-electron chi connectivity index (χ4n) is 9.34. The Kier molecular flexibility index (Phi) is 9.08. The Morgan fingerprint density at radius 1 is 0.946 bits per heavy atom. The van der Waals surface area contributed by atoms with Gasteiger partial charge in [0.05, 0.1) is 12.2 Å². The molecule has 4 aliphatic rings. The van der Waals surface area contributed by atoms with Crippen LogP contribution in [0.5, 0.6) is 0 Å². The third kappa shape index (κ3) is 5.80. The Hall–Kier alpha value is -0.270. The number of hydrogen-bond acceptors (Lipinski definition) is 5. The summed E-state index contributed by atoms with van der Waals surface area (Å²) in [5.74, 6) is 1.91. The minimum Gasteiger partial charge on any atom is -0.445 e. The number of carbonyl (C=O) groups excluding carboxylic acids is 2. The van der Waals surface area contributed by atoms with Gasteiger partial charge in [-0.3, -0.25) is 4.79 Å². The van der Waals surface area contributed by atoms with Crippen molar-refractivity contribution in [2.75, 3.05) is 19.8 Å². The second kappa shape index (κ2) is 11.3. The Labute approximate surface area is 237 Å². The molecule has 10 atom stereocenters. The van der Waals surface area contributed by atoms with Crippen LogP contribution in [0.3, 0.4) is 0 Å². The van der Waals surface area contributed by atoms with E-state index in [0.29, 0.717) is 31.0 Å². The van der Waals surface area contributed by atoms with Gasteiger partial charge < -0.3 is 19.5 Å². The Bertz CT molecular complexity index is 852. The maximum Gasteiger partial charge on any atom is 0.407 e. The third-order valence-corrected chi connectivity index (χ3v) is 10.8. The summed E-state index contributed by atoms with van der Waals surface area (Å²) in [7, 11) is 0. The zero-order valence-corrected chi connectivity index (χ0v) is 25.1. The van der Waals surface area contributed by atoms with Crippen LogP contribution in [0.25, 0.3) is 0 Å². The van der Waals surface area contributed by atoms with E-state index in [9.17, 15) is 9.59 Å². The molecule has 4 rings (SSSR count). The van der Waals surface area contributed by atoms with Gasteiger partial charge in [0.15, 0.2) is 0 Å². The highest BCUT2D eigenvalue weighted by atomic mass is 35.6. The molecule has 0 heterocycles. The normalized spacial score (nSPS) is 43.4. The molecular formula is C28H44Cl3NO5. The second-order valence-corrected chi connectivity index (χ2v) is 14.9. The first-order valence-electron chi connectivity index (χ1n) is 14.1. The number of alkyl halides is 3. The topological polar surface area (TPSA) is 73.9 Å². The first-order chi connectivity index (χ1) is 17.3. The van der Waals surface area contributed by atoms with Gasteiger partial charge in [-0.15, -0.1) is 0 Å². The van der Waals surface area contributed by atoms with Crippen LogP contribution >= 0.6 is 34.8 Å². The highest BCUT2D eigenvalue weighted by molar-refractivity contribution is 6.67. The first-order valence-corrected chi connectivity index (χ1v) is 15.2. The number of carbonyl (C=O) groups is 2. The minimum atomic E-state index is -1.67. The summed E-state index contributed by atoms with van der Waals surface area (Å²) in [6.07, 6.45) is 6.44. The van der Waals surface area contributed by atoms with Gasteiger partial charge in [-0.05, 0) is 100 Å². The highest BCUT2D eigenvalue weighted by Crippen LogP contribution is 2.67. The Balaban J connectivity index is 1.67. The standard InChI is InChI=1S/C28H44Cl3NO5/c1-6-35-22-12-17-8-9-18-20-11-10-19(16(3)33)27(20,5)13-21(32-25(34)37-15-28(29,30)31)24(18)26(17,4)14-23(22)36-7-2/h17-24H,6-15H2,1-5H3,(H,32,34)/t17-,18-,19+,20-,21+,22-,23-,24+,26-,27+/m0/s1. The first kappa shape index (κ1) is 29.7. The molecule has 1 N–H and O–H groups in total. The molecule has 4 aliphatic carbocycles. The molecule has 0 aromatic carbocycles. The van der Waals surface area contributed by atoms with Crippen molar-refractivity contribution in [2.24, 2.45) is 40.4 Å². The maximum absolute atomic E-state index is 13.0. The number of ether oxygens (including phenoxy) is 3. The molecule has 6 nitrogen and oxygen atoms in total. The summed E-state index contributed by atoms with van der Waals surface area (Å²) >= 11 is 17.5. The molecular weight excluding hydrogens is 537 g/mol. The molecule has 0 bridgehead atoms. The van der Waals surface area contributed by atoms with Crippen molar-refractivity contribution in [1.29, 1.82) is 0 Å². The molecule has 0 spiro atoms. The Morgan fingerprint density at radius 2 is 1.62 bits per heavy atom. The predicted molar refractivity (Wildman–Crippen MR) is 146 cm³/mol. The summed E-state index contributed by atoms with van der Waals surface area (Å²) in [5.41, 5.74) is -0.176. The summed E-state index contributed by atoms with van der Waals surface area (Å²) in [6, 6.07) is -0.132. The van der Waals surface area contributed by atoms with Crippen molar-refractivity contribution in [1.82, 2.24) is 5.32 Å². The average Bonchev–Trinajstić information content (AvgIpc) is 3.15. The van der Waals surface area contributed by atoms with E-state index in [1.807, 2.05) is 13.8 Å². The molecule has 0 radical (unpaired) electrons. The molecule has 0 unspecified atom stereocenters. The number of alkyl carbamates (subject to hydrolysis) is 1. The molecule has 9 heteroatoms. The summed E-state index contributed by atoms with van der Waals surface area (Å²) in [6.45, 7) is 11.5. The molecule has 0 saturated heterocycles. The van der Waals surface area contributed by atoms with Crippen LogP contribution in [0.15, 0.2) is 0 Å². The third-order valence-electron chi connectivity index (χ3n) is 10.5. The molecule has 0 aromatic rings. The number of Topliss-reactive ketones (excluding diaryl/α,β-unsaturated/α-hetero) is 1. The zero-order valence-electron chi connectivity index (χ0n) is 22.9. The molecule has 0 aliphatic heterocycles. The second-order valence-electron chi connectivity index (χ2n) is 12.4. The minimum absolute atomic E-state index is 0.0235. The fourth-order valence-corrected chi connectivity index (χ4v) is 9.50. The van der Waals surface area contributed by atoms with E-state index >= 15 is 0 Å². The van der Waals surface area contributed by atoms with E-state index in [1.165, 1.54) is 0 Å². The monoisotopic (exact) mass is 579 g/mol. The quantitative estimate of drug-likeness (QED) is 0.338. The maximum atomic E-state index is 13.0. The smallest absolute Gasteiger partial charge is 0.407 e. The van der Waals surface area contributed by atoms with Crippen molar-refractivity contribution in [3.05, 3.63) is 0 Å². The molecule has 212 valence electrons. The SMILES string of the molecule is CCO[C@H]1C[C@@H]2CC[C@@H]3[C@H]([C@H](NC(=O)OCC(Cl)(Cl)Cl)C[C@]4(C)[C@@H](C(C)=O)CC[C@@H]34)[C@@]2(C)C[C@@H]1OCC. The lowest BCUT2D eigenvalue weighted by molar-refractivity contribution is -0.188. The molecule has 4 saturated carbocycles. The number of halogens is 3. The van der Waals surface area contributed by atoms with Crippen molar-refractivity contribution in [3.63, 3.8) is 0 Å². The number of nitrogens with one attached hydrogen (secondary N) is 1. The number of amides is 1. The van der Waals surface area contributed by atoms with E-state index in [-0.39, 0.29) is 53.3 Å². The Morgan fingerprint density at radius 3 is 2.24 bits per heavy atom. The van der Waals surface area contributed by atoms with Crippen LogP contribution in [0.1, 0.15) is 79.6 Å². The highest BCUT2D eigenvalue weighted by Gasteiger charge is 2.65. The number of rotatable bonds is 7. The van der Waals surface area contributed by atoms with Gasteiger partial charge in [-0.1, -0.05) is 48.7 Å². The van der Waals surface area contributed by atoms with E-state index < -0.39 is 9.89 Å². The zero-order chi connectivity index (χ0) is 27.2.